The van der Waals surface area contributed by atoms with Gasteiger partial charge in [-0.05, 0) is 30.2 Å². The third kappa shape index (κ3) is 4.41. The van der Waals surface area contributed by atoms with Gasteiger partial charge in [-0.2, -0.15) is 0 Å². The molecule has 1 unspecified atom stereocenters. The van der Waals surface area contributed by atoms with Gasteiger partial charge in [-0.15, -0.1) is 0 Å². The molecule has 0 fully saturated rings. The van der Waals surface area contributed by atoms with Crippen LogP contribution in [0, 0.1) is 6.92 Å². The number of rotatable bonds is 6. The first-order chi connectivity index (χ1) is 10.1. The molecule has 1 amide bonds. The normalized spacial score (nSPS) is 12.1. The van der Waals surface area contributed by atoms with E-state index in [-0.39, 0.29) is 0 Å². The highest BCUT2D eigenvalue weighted by Crippen LogP contribution is 2.13. The quantitative estimate of drug-likeness (QED) is 0.758. The number of amides is 1. The molecule has 0 spiro atoms. The Morgan fingerprint density at radius 2 is 1.95 bits per heavy atom. The van der Waals surface area contributed by atoms with Crippen LogP contribution in [0.3, 0.4) is 0 Å². The van der Waals surface area contributed by atoms with Crippen molar-refractivity contribution in [3.8, 4) is 0 Å². The number of aliphatic hydroxyl groups is 1. The van der Waals surface area contributed by atoms with Crippen molar-refractivity contribution >= 4 is 5.91 Å². The van der Waals surface area contributed by atoms with Crippen molar-refractivity contribution in [1.82, 2.24) is 5.32 Å². The molecule has 0 aliphatic rings. The molecule has 4 nitrogen and oxygen atoms in total. The van der Waals surface area contributed by atoms with Crippen LogP contribution < -0.4 is 11.1 Å². The summed E-state index contributed by atoms with van der Waals surface area (Å²) in [6, 6.07) is 15.0. The number of hydrogen-bond donors (Lipinski definition) is 3. The smallest absolute Gasteiger partial charge is 0.248 e. The van der Waals surface area contributed by atoms with Gasteiger partial charge in [0.2, 0.25) is 5.91 Å². The molecule has 0 saturated carbocycles. The Hall–Kier alpha value is -2.17. The Morgan fingerprint density at radius 1 is 1.24 bits per heavy atom. The predicted octanol–water partition coefficient (Wildman–Crippen LogP) is 1.92. The second kappa shape index (κ2) is 7.02. The zero-order valence-corrected chi connectivity index (χ0v) is 12.0. The monoisotopic (exact) mass is 284 g/mol. The highest BCUT2D eigenvalue weighted by atomic mass is 16.3. The molecule has 1 atom stereocenters. The van der Waals surface area contributed by atoms with E-state index < -0.39 is 12.0 Å². The van der Waals surface area contributed by atoms with Crippen molar-refractivity contribution < 1.29 is 9.90 Å². The summed E-state index contributed by atoms with van der Waals surface area (Å²) in [4.78, 5) is 11.1. The summed E-state index contributed by atoms with van der Waals surface area (Å²) in [6.45, 7) is 3.04. The lowest BCUT2D eigenvalue weighted by Gasteiger charge is -2.13. The standard InChI is InChI=1S/C17H20N2O2/c1-12-5-7-14(8-6-12)16(20)11-19-10-13-3-2-4-15(9-13)17(18)21/h2-9,16,19-20H,10-11H2,1H3,(H2,18,21). The first-order valence-electron chi connectivity index (χ1n) is 6.90. The Labute approximate surface area is 124 Å². The summed E-state index contributed by atoms with van der Waals surface area (Å²) in [5.74, 6) is -0.434. The van der Waals surface area contributed by atoms with E-state index in [0.29, 0.717) is 18.7 Å². The van der Waals surface area contributed by atoms with Crippen LogP contribution in [0.5, 0.6) is 0 Å². The summed E-state index contributed by atoms with van der Waals surface area (Å²) in [6.07, 6.45) is -0.551. The Kier molecular flexibility index (Phi) is 5.09. The van der Waals surface area contributed by atoms with Crippen LogP contribution in [0.1, 0.15) is 33.2 Å². The third-order valence-electron chi connectivity index (χ3n) is 3.34. The lowest BCUT2D eigenvalue weighted by Crippen LogP contribution is -2.21. The molecule has 110 valence electrons. The van der Waals surface area contributed by atoms with E-state index in [2.05, 4.69) is 5.32 Å². The fraction of sp³-hybridized carbons (Fsp3) is 0.235. The number of nitrogens with one attached hydrogen (secondary N) is 1. The van der Waals surface area contributed by atoms with E-state index in [1.54, 1.807) is 18.2 Å². The summed E-state index contributed by atoms with van der Waals surface area (Å²) in [5.41, 5.74) is 8.76. The van der Waals surface area contributed by atoms with Crippen LogP contribution in [0.2, 0.25) is 0 Å². The highest BCUT2D eigenvalue weighted by Gasteiger charge is 2.07. The molecule has 2 rings (SSSR count). The zero-order valence-electron chi connectivity index (χ0n) is 12.0. The Bertz CT molecular complexity index is 608. The van der Waals surface area contributed by atoms with Gasteiger partial charge >= 0.3 is 0 Å². The minimum absolute atomic E-state index is 0.434. The SMILES string of the molecule is Cc1ccc(C(O)CNCc2cccc(C(N)=O)c2)cc1. The maximum atomic E-state index is 11.1. The largest absolute Gasteiger partial charge is 0.387 e. The van der Waals surface area contributed by atoms with Crippen LogP contribution in [-0.2, 0) is 6.54 Å². The number of aryl methyl sites for hydroxylation is 1. The molecule has 2 aromatic carbocycles. The molecule has 0 saturated heterocycles. The first kappa shape index (κ1) is 15.2. The molecule has 0 radical (unpaired) electrons. The average Bonchev–Trinajstić information content (AvgIpc) is 2.48. The fourth-order valence-corrected chi connectivity index (χ4v) is 2.09. The van der Waals surface area contributed by atoms with Gasteiger partial charge in [0.05, 0.1) is 6.10 Å². The molecule has 2 aromatic rings. The number of nitrogens with two attached hydrogens (primary N) is 1. The van der Waals surface area contributed by atoms with E-state index in [0.717, 1.165) is 11.1 Å². The van der Waals surface area contributed by atoms with E-state index in [1.165, 1.54) is 5.56 Å². The van der Waals surface area contributed by atoms with E-state index in [4.69, 9.17) is 5.73 Å². The number of aliphatic hydroxyl groups excluding tert-OH is 1. The van der Waals surface area contributed by atoms with Crippen molar-refractivity contribution in [3.05, 3.63) is 70.8 Å². The molecule has 0 aliphatic heterocycles. The number of benzene rings is 2. The topological polar surface area (TPSA) is 75.3 Å². The van der Waals surface area contributed by atoms with Crippen molar-refractivity contribution in [2.75, 3.05) is 6.54 Å². The summed E-state index contributed by atoms with van der Waals surface area (Å²) in [7, 11) is 0. The van der Waals surface area contributed by atoms with Gasteiger partial charge in [0, 0.05) is 18.7 Å². The van der Waals surface area contributed by atoms with Gasteiger partial charge in [-0.25, -0.2) is 0 Å². The Morgan fingerprint density at radius 3 is 2.62 bits per heavy atom. The van der Waals surface area contributed by atoms with Gasteiger partial charge in [0.15, 0.2) is 0 Å². The van der Waals surface area contributed by atoms with E-state index in [1.807, 2.05) is 37.3 Å². The molecular weight excluding hydrogens is 264 g/mol. The van der Waals surface area contributed by atoms with Crippen molar-refractivity contribution in [2.45, 2.75) is 19.6 Å². The molecule has 0 aromatic heterocycles. The summed E-state index contributed by atoms with van der Waals surface area (Å²) in [5, 5.41) is 13.3. The molecule has 4 N–H and O–H groups in total. The maximum absolute atomic E-state index is 11.1. The van der Waals surface area contributed by atoms with Crippen LogP contribution in [-0.4, -0.2) is 17.6 Å². The zero-order chi connectivity index (χ0) is 15.2. The van der Waals surface area contributed by atoms with Gasteiger partial charge < -0.3 is 16.2 Å². The molecule has 21 heavy (non-hydrogen) atoms. The lowest BCUT2D eigenvalue weighted by molar-refractivity contribution is 0.1000. The van der Waals surface area contributed by atoms with Gasteiger partial charge in [0.1, 0.15) is 0 Å². The van der Waals surface area contributed by atoms with Crippen LogP contribution in [0.25, 0.3) is 0 Å². The van der Waals surface area contributed by atoms with Crippen LogP contribution in [0.4, 0.5) is 0 Å². The molecule has 4 heteroatoms. The summed E-state index contributed by atoms with van der Waals surface area (Å²) >= 11 is 0. The first-order valence-corrected chi connectivity index (χ1v) is 6.90. The lowest BCUT2D eigenvalue weighted by atomic mass is 10.1. The highest BCUT2D eigenvalue weighted by molar-refractivity contribution is 5.92. The van der Waals surface area contributed by atoms with Gasteiger partial charge in [-0.1, -0.05) is 42.0 Å². The van der Waals surface area contributed by atoms with Crippen molar-refractivity contribution in [3.63, 3.8) is 0 Å². The number of carbonyl (C=O) groups excluding carboxylic acids is 1. The van der Waals surface area contributed by atoms with E-state index >= 15 is 0 Å². The maximum Gasteiger partial charge on any atom is 0.248 e. The van der Waals surface area contributed by atoms with Crippen molar-refractivity contribution in [1.29, 1.82) is 0 Å². The minimum Gasteiger partial charge on any atom is -0.387 e. The average molecular weight is 284 g/mol. The molecule has 0 heterocycles. The van der Waals surface area contributed by atoms with Crippen LogP contribution in [0.15, 0.2) is 48.5 Å². The third-order valence-corrected chi connectivity index (χ3v) is 3.34. The molecule has 0 bridgehead atoms. The van der Waals surface area contributed by atoms with Gasteiger partial charge in [0.25, 0.3) is 0 Å². The van der Waals surface area contributed by atoms with Crippen LogP contribution >= 0.6 is 0 Å². The van der Waals surface area contributed by atoms with Gasteiger partial charge in [-0.3, -0.25) is 4.79 Å². The second-order valence-corrected chi connectivity index (χ2v) is 5.12. The fourth-order valence-electron chi connectivity index (χ4n) is 2.09. The number of carbonyl (C=O) groups is 1. The number of primary amides is 1. The Balaban J connectivity index is 1.87. The second-order valence-electron chi connectivity index (χ2n) is 5.12. The molecule has 0 aliphatic carbocycles. The minimum atomic E-state index is -0.551. The van der Waals surface area contributed by atoms with Crippen molar-refractivity contribution in [2.24, 2.45) is 5.73 Å². The van der Waals surface area contributed by atoms with E-state index in [9.17, 15) is 9.90 Å². The predicted molar refractivity (Wildman–Crippen MR) is 82.8 cm³/mol. The summed E-state index contributed by atoms with van der Waals surface area (Å²) < 4.78 is 0. The molecular formula is C17H20N2O2. The number of hydrogen-bond acceptors (Lipinski definition) is 3.